The molecule has 0 radical (unpaired) electrons. The number of rotatable bonds is 3. The number of nitrogens with zero attached hydrogens (tertiary/aromatic N) is 2. The SMILES string of the molecule is COc1cccc(C2c3[nH]c4ccccc4c3CC3C(=O)N(C4CCCCC4)CC(=O)N32)c1. The molecule has 1 aliphatic carbocycles. The van der Waals surface area contributed by atoms with Crippen molar-refractivity contribution in [3.63, 3.8) is 0 Å². The molecule has 1 saturated heterocycles. The van der Waals surface area contributed by atoms with Gasteiger partial charge in [0.05, 0.1) is 13.2 Å². The summed E-state index contributed by atoms with van der Waals surface area (Å²) in [6.07, 6.45) is 6.05. The number of fused-ring (bicyclic) bond motifs is 4. The Morgan fingerprint density at radius 1 is 1.00 bits per heavy atom. The molecule has 2 fully saturated rings. The fourth-order valence-corrected chi connectivity index (χ4v) is 6.15. The van der Waals surface area contributed by atoms with E-state index in [0.717, 1.165) is 59.2 Å². The zero-order chi connectivity index (χ0) is 22.5. The van der Waals surface area contributed by atoms with E-state index in [2.05, 4.69) is 17.1 Å². The van der Waals surface area contributed by atoms with E-state index in [-0.39, 0.29) is 30.4 Å². The lowest BCUT2D eigenvalue weighted by atomic mass is 9.85. The molecule has 2 amide bonds. The molecule has 1 saturated carbocycles. The highest BCUT2D eigenvalue weighted by Crippen LogP contribution is 2.43. The third kappa shape index (κ3) is 3.23. The minimum Gasteiger partial charge on any atom is -0.497 e. The van der Waals surface area contributed by atoms with E-state index in [1.165, 1.54) is 6.42 Å². The monoisotopic (exact) mass is 443 g/mol. The van der Waals surface area contributed by atoms with Crippen molar-refractivity contribution in [1.29, 1.82) is 0 Å². The van der Waals surface area contributed by atoms with Crippen LogP contribution in [0.4, 0.5) is 0 Å². The van der Waals surface area contributed by atoms with Crippen LogP contribution in [0.25, 0.3) is 10.9 Å². The second kappa shape index (κ2) is 7.94. The van der Waals surface area contributed by atoms with Gasteiger partial charge in [-0.2, -0.15) is 0 Å². The minimum absolute atomic E-state index is 0.0299. The van der Waals surface area contributed by atoms with Crippen LogP contribution < -0.4 is 4.74 Å². The van der Waals surface area contributed by atoms with Crippen LogP contribution in [0, 0.1) is 0 Å². The maximum atomic E-state index is 13.9. The minimum atomic E-state index is -0.476. The van der Waals surface area contributed by atoms with Gasteiger partial charge in [0.25, 0.3) is 0 Å². The van der Waals surface area contributed by atoms with Crippen molar-refractivity contribution >= 4 is 22.7 Å². The van der Waals surface area contributed by atoms with Crippen molar-refractivity contribution in [2.45, 2.75) is 56.7 Å². The maximum absolute atomic E-state index is 13.9. The number of nitrogens with one attached hydrogen (secondary N) is 1. The predicted molar refractivity (Wildman–Crippen MR) is 126 cm³/mol. The molecular formula is C27H29N3O3. The highest BCUT2D eigenvalue weighted by Gasteiger charge is 2.49. The van der Waals surface area contributed by atoms with Crippen molar-refractivity contribution in [2.75, 3.05) is 13.7 Å². The summed E-state index contributed by atoms with van der Waals surface area (Å²) in [5, 5.41) is 1.13. The van der Waals surface area contributed by atoms with Crippen LogP contribution in [0.1, 0.15) is 55.0 Å². The number of aromatic amines is 1. The van der Waals surface area contributed by atoms with Crippen LogP contribution in [-0.2, 0) is 16.0 Å². The van der Waals surface area contributed by atoms with Gasteiger partial charge in [-0.1, -0.05) is 49.6 Å². The lowest BCUT2D eigenvalue weighted by molar-refractivity contribution is -0.161. The van der Waals surface area contributed by atoms with E-state index >= 15 is 0 Å². The van der Waals surface area contributed by atoms with E-state index in [1.54, 1.807) is 7.11 Å². The van der Waals surface area contributed by atoms with Gasteiger partial charge in [-0.25, -0.2) is 0 Å². The lowest BCUT2D eigenvalue weighted by Crippen LogP contribution is -2.65. The fraction of sp³-hybridized carbons (Fsp3) is 0.407. The van der Waals surface area contributed by atoms with Gasteiger partial charge in [0.15, 0.2) is 0 Å². The normalized spacial score (nSPS) is 23.5. The predicted octanol–water partition coefficient (Wildman–Crippen LogP) is 4.19. The highest BCUT2D eigenvalue weighted by molar-refractivity contribution is 5.97. The molecule has 3 aliphatic rings. The summed E-state index contributed by atoms with van der Waals surface area (Å²) in [4.78, 5) is 34.9. The van der Waals surface area contributed by atoms with E-state index in [1.807, 2.05) is 46.2 Å². The first-order valence-electron chi connectivity index (χ1n) is 12.0. The number of amides is 2. The van der Waals surface area contributed by atoms with Gasteiger partial charge < -0.3 is 19.5 Å². The molecule has 2 aromatic carbocycles. The Kier molecular flexibility index (Phi) is 4.89. The van der Waals surface area contributed by atoms with Gasteiger partial charge >= 0.3 is 0 Å². The van der Waals surface area contributed by atoms with Crippen molar-refractivity contribution in [1.82, 2.24) is 14.8 Å². The third-order valence-corrected chi connectivity index (χ3v) is 7.72. The molecule has 3 aromatic rings. The van der Waals surface area contributed by atoms with Gasteiger partial charge in [0.1, 0.15) is 18.3 Å². The number of aromatic nitrogens is 1. The van der Waals surface area contributed by atoms with E-state index in [0.29, 0.717) is 6.42 Å². The molecule has 2 atom stereocenters. The van der Waals surface area contributed by atoms with Crippen molar-refractivity contribution in [3.8, 4) is 5.75 Å². The summed E-state index contributed by atoms with van der Waals surface area (Å²) < 4.78 is 5.48. The first kappa shape index (κ1) is 20.3. The summed E-state index contributed by atoms with van der Waals surface area (Å²) >= 11 is 0. The Hall–Kier alpha value is -3.28. The maximum Gasteiger partial charge on any atom is 0.246 e. The number of piperazine rings is 1. The molecule has 3 heterocycles. The molecule has 6 nitrogen and oxygen atoms in total. The zero-order valence-electron chi connectivity index (χ0n) is 18.9. The zero-order valence-corrected chi connectivity index (χ0v) is 18.9. The molecule has 0 spiro atoms. The van der Waals surface area contributed by atoms with Crippen molar-refractivity contribution in [2.24, 2.45) is 0 Å². The van der Waals surface area contributed by atoms with Gasteiger partial charge in [-0.05, 0) is 42.2 Å². The number of benzene rings is 2. The Labute approximate surface area is 193 Å². The molecule has 2 aliphatic heterocycles. The molecule has 1 aromatic heterocycles. The van der Waals surface area contributed by atoms with Gasteiger partial charge in [0.2, 0.25) is 11.8 Å². The smallest absolute Gasteiger partial charge is 0.246 e. The van der Waals surface area contributed by atoms with Crippen LogP contribution in [-0.4, -0.2) is 52.3 Å². The second-order valence-corrected chi connectivity index (χ2v) is 9.52. The molecule has 170 valence electrons. The molecule has 6 heteroatoms. The van der Waals surface area contributed by atoms with E-state index < -0.39 is 6.04 Å². The van der Waals surface area contributed by atoms with Crippen LogP contribution in [0.5, 0.6) is 5.75 Å². The number of ether oxygens (including phenoxy) is 1. The van der Waals surface area contributed by atoms with Crippen LogP contribution in [0.2, 0.25) is 0 Å². The molecular weight excluding hydrogens is 414 g/mol. The Balaban J connectivity index is 1.49. The molecule has 6 rings (SSSR count). The largest absolute Gasteiger partial charge is 0.497 e. The molecule has 2 unspecified atom stereocenters. The fourth-order valence-electron chi connectivity index (χ4n) is 6.15. The highest BCUT2D eigenvalue weighted by atomic mass is 16.5. The topological polar surface area (TPSA) is 65.6 Å². The second-order valence-electron chi connectivity index (χ2n) is 9.52. The number of hydrogen-bond donors (Lipinski definition) is 1. The average Bonchev–Trinajstić information content (AvgIpc) is 3.24. The summed E-state index contributed by atoms with van der Waals surface area (Å²) in [6, 6.07) is 15.5. The third-order valence-electron chi connectivity index (χ3n) is 7.72. The summed E-state index contributed by atoms with van der Waals surface area (Å²) in [6.45, 7) is 0.177. The van der Waals surface area contributed by atoms with E-state index in [9.17, 15) is 9.59 Å². The molecule has 33 heavy (non-hydrogen) atoms. The number of carbonyl (C=O) groups is 2. The average molecular weight is 444 g/mol. The number of para-hydroxylation sites is 1. The molecule has 0 bridgehead atoms. The van der Waals surface area contributed by atoms with Crippen LogP contribution >= 0.6 is 0 Å². The summed E-state index contributed by atoms with van der Waals surface area (Å²) in [5.41, 5.74) is 4.15. The Morgan fingerprint density at radius 3 is 2.64 bits per heavy atom. The summed E-state index contributed by atoms with van der Waals surface area (Å²) in [7, 11) is 1.65. The quantitative estimate of drug-likeness (QED) is 0.660. The molecule has 1 N–H and O–H groups in total. The van der Waals surface area contributed by atoms with Crippen molar-refractivity contribution in [3.05, 3.63) is 65.4 Å². The number of carbonyl (C=O) groups excluding carboxylic acids is 2. The number of H-pyrrole nitrogens is 1. The summed E-state index contributed by atoms with van der Waals surface area (Å²) in [5.74, 6) is 0.875. The number of hydrogen-bond acceptors (Lipinski definition) is 3. The Bertz CT molecular complexity index is 1230. The number of methoxy groups -OCH3 is 1. The van der Waals surface area contributed by atoms with Crippen molar-refractivity contribution < 1.29 is 14.3 Å². The standard InChI is InChI=1S/C27H29N3O3/c1-33-19-11-7-8-17(14-19)26-25-21(20-12-5-6-13-22(20)28-25)15-23-27(32)29(16-24(31)30(23)26)18-9-3-2-4-10-18/h5-8,11-14,18,23,26,28H,2-4,9-10,15-16H2,1H3. The Morgan fingerprint density at radius 2 is 1.82 bits per heavy atom. The first-order chi connectivity index (χ1) is 16.2. The lowest BCUT2D eigenvalue weighted by Gasteiger charge is -2.49. The van der Waals surface area contributed by atoms with Crippen LogP contribution in [0.3, 0.4) is 0 Å². The van der Waals surface area contributed by atoms with Gasteiger partial charge in [-0.3, -0.25) is 9.59 Å². The van der Waals surface area contributed by atoms with E-state index in [4.69, 9.17) is 4.74 Å². The first-order valence-corrected chi connectivity index (χ1v) is 12.0. The van der Waals surface area contributed by atoms with Gasteiger partial charge in [0, 0.05) is 29.1 Å². The van der Waals surface area contributed by atoms with Crippen LogP contribution in [0.15, 0.2) is 48.5 Å². The van der Waals surface area contributed by atoms with Gasteiger partial charge in [-0.15, -0.1) is 0 Å².